The Bertz CT molecular complexity index is 1910. The van der Waals surface area contributed by atoms with Crippen molar-refractivity contribution in [1.29, 1.82) is 0 Å². The van der Waals surface area contributed by atoms with Crippen LogP contribution in [0.15, 0.2) is 103 Å². The lowest BCUT2D eigenvalue weighted by Gasteiger charge is -2.39. The zero-order chi connectivity index (χ0) is 31.5. The number of nitro benzene ring substituents is 1. The molecule has 0 unspecified atom stereocenters. The Balaban J connectivity index is 1.50. The first-order valence-electron chi connectivity index (χ1n) is 15.2. The molecule has 1 amide bonds. The van der Waals surface area contributed by atoms with Gasteiger partial charge in [0.15, 0.2) is 11.6 Å². The van der Waals surface area contributed by atoms with Crippen molar-refractivity contribution < 1.29 is 19.3 Å². The second kappa shape index (κ2) is 10.7. The minimum absolute atomic E-state index is 0.141. The zero-order valence-electron chi connectivity index (χ0n) is 24.9. The fourth-order valence-corrected chi connectivity index (χ4v) is 7.61. The number of Topliss-reactive ketones (excluding diaryl/α,β-unsaturated/α-hetero) is 2. The Morgan fingerprint density at radius 1 is 0.889 bits per heavy atom. The monoisotopic (exact) mass is 597 g/mol. The quantitative estimate of drug-likeness (QED) is 0.143. The van der Waals surface area contributed by atoms with Crippen LogP contribution in [0.2, 0.25) is 0 Å². The minimum atomic E-state index is -1.42. The minimum Gasteiger partial charge on any atom is -0.352 e. The van der Waals surface area contributed by atoms with E-state index in [0.29, 0.717) is 16.8 Å². The van der Waals surface area contributed by atoms with Crippen molar-refractivity contribution in [2.75, 3.05) is 10.2 Å². The van der Waals surface area contributed by atoms with E-state index in [1.807, 2.05) is 78.6 Å². The van der Waals surface area contributed by atoms with Crippen molar-refractivity contribution in [3.05, 3.63) is 141 Å². The number of rotatable bonds is 7. The summed E-state index contributed by atoms with van der Waals surface area (Å²) in [7, 11) is 0. The molecule has 0 saturated carbocycles. The summed E-state index contributed by atoms with van der Waals surface area (Å²) >= 11 is 0. The van der Waals surface area contributed by atoms with Crippen LogP contribution in [0.25, 0.3) is 5.57 Å². The van der Waals surface area contributed by atoms with Gasteiger partial charge >= 0.3 is 0 Å². The number of carbonyl (C=O) groups excluding carboxylic acids is 3. The highest BCUT2D eigenvalue weighted by molar-refractivity contribution is 6.18. The molecule has 1 fully saturated rings. The van der Waals surface area contributed by atoms with E-state index in [2.05, 4.69) is 12.2 Å². The van der Waals surface area contributed by atoms with E-state index in [1.54, 1.807) is 12.1 Å². The number of benzene rings is 4. The summed E-state index contributed by atoms with van der Waals surface area (Å²) in [4.78, 5) is 57.2. The fourth-order valence-electron chi connectivity index (χ4n) is 7.61. The molecule has 3 heterocycles. The predicted molar refractivity (Wildman–Crippen MR) is 173 cm³/mol. The lowest BCUT2D eigenvalue weighted by Crippen LogP contribution is -2.51. The lowest BCUT2D eigenvalue weighted by molar-refractivity contribution is -0.384. The van der Waals surface area contributed by atoms with E-state index in [-0.39, 0.29) is 28.7 Å². The number of non-ortho nitro benzene ring substituents is 1. The number of nitrogens with zero attached hydrogens (tertiary/aromatic N) is 2. The number of anilines is 2. The summed E-state index contributed by atoms with van der Waals surface area (Å²) in [6.07, 6.45) is 3.84. The maximum Gasteiger partial charge on any atom is 0.269 e. The normalized spacial score (nSPS) is 22.7. The molecule has 8 heteroatoms. The third-order valence-corrected chi connectivity index (χ3v) is 9.57. The van der Waals surface area contributed by atoms with Crippen LogP contribution in [0.4, 0.5) is 17.1 Å². The third-order valence-electron chi connectivity index (χ3n) is 9.57. The van der Waals surface area contributed by atoms with Crippen LogP contribution in [0, 0.1) is 16.0 Å². The molecule has 4 atom stereocenters. The number of nitrogens with one attached hydrogen (secondary N) is 1. The molecular weight excluding hydrogens is 566 g/mol. The fraction of sp³-hybridized carbons (Fsp3) is 0.216. The molecule has 3 aliphatic heterocycles. The summed E-state index contributed by atoms with van der Waals surface area (Å²) < 4.78 is 0. The van der Waals surface area contributed by atoms with Gasteiger partial charge in [-0.05, 0) is 54.3 Å². The van der Waals surface area contributed by atoms with E-state index in [1.165, 1.54) is 24.3 Å². The molecule has 1 spiro atoms. The Hall–Kier alpha value is -5.37. The summed E-state index contributed by atoms with van der Waals surface area (Å²) in [5.41, 5.74) is 4.09. The third kappa shape index (κ3) is 4.16. The van der Waals surface area contributed by atoms with Gasteiger partial charge in [-0.25, -0.2) is 0 Å². The van der Waals surface area contributed by atoms with Crippen molar-refractivity contribution in [3.8, 4) is 0 Å². The molecule has 0 bridgehead atoms. The van der Waals surface area contributed by atoms with Crippen LogP contribution < -0.4 is 10.2 Å². The highest BCUT2D eigenvalue weighted by atomic mass is 16.6. The molecule has 224 valence electrons. The second-order valence-electron chi connectivity index (χ2n) is 12.0. The number of para-hydroxylation sites is 2. The summed E-state index contributed by atoms with van der Waals surface area (Å²) in [6, 6.07) is 26.3. The van der Waals surface area contributed by atoms with Crippen LogP contribution >= 0.6 is 0 Å². The van der Waals surface area contributed by atoms with Gasteiger partial charge in [0.2, 0.25) is 5.91 Å². The topological polar surface area (TPSA) is 110 Å². The number of hydrogen-bond acceptors (Lipinski definition) is 6. The molecule has 0 radical (unpaired) electrons. The number of ketones is 2. The van der Waals surface area contributed by atoms with Crippen molar-refractivity contribution in [2.24, 2.45) is 5.92 Å². The van der Waals surface area contributed by atoms with Crippen LogP contribution in [-0.2, 0) is 16.6 Å². The molecule has 1 N–H and O–H groups in total. The Labute approximate surface area is 260 Å². The standard InChI is InChI=1S/C37H31N3O5/c1-3-8-23-13-15-24(16-14-23)34(41)32-33(35(42)25-17-19-26(20-18-25)40(44)45)39-30-12-7-4-9-27(30)22(2)21-31(39)37(32)28-10-5-6-11-29(28)38-36(37)43/h4-7,9-21,31-33H,3,8H2,1-2H3,(H,38,43)/t31-,32-,33+,37-/m0/s1. The largest absolute Gasteiger partial charge is 0.352 e. The van der Waals surface area contributed by atoms with Gasteiger partial charge in [0.1, 0.15) is 11.5 Å². The smallest absolute Gasteiger partial charge is 0.269 e. The van der Waals surface area contributed by atoms with Crippen molar-refractivity contribution in [1.82, 2.24) is 0 Å². The van der Waals surface area contributed by atoms with Crippen molar-refractivity contribution in [3.63, 3.8) is 0 Å². The van der Waals surface area contributed by atoms with Gasteiger partial charge in [0, 0.05) is 40.2 Å². The van der Waals surface area contributed by atoms with Gasteiger partial charge < -0.3 is 10.2 Å². The molecule has 0 aromatic heterocycles. The number of aryl methyl sites for hydroxylation is 1. The van der Waals surface area contributed by atoms with Crippen molar-refractivity contribution >= 4 is 40.1 Å². The molecule has 1 saturated heterocycles. The number of nitro groups is 1. The zero-order valence-corrected chi connectivity index (χ0v) is 24.9. The van der Waals surface area contributed by atoms with Crippen LogP contribution in [0.3, 0.4) is 0 Å². The van der Waals surface area contributed by atoms with Gasteiger partial charge in [0.05, 0.1) is 16.9 Å². The van der Waals surface area contributed by atoms with E-state index in [0.717, 1.165) is 35.2 Å². The summed E-state index contributed by atoms with van der Waals surface area (Å²) in [5, 5.41) is 14.4. The highest BCUT2D eigenvalue weighted by Gasteiger charge is 2.70. The number of fused-ring (bicyclic) bond motifs is 6. The number of hydrogen-bond donors (Lipinski definition) is 1. The average Bonchev–Trinajstić information content (AvgIpc) is 3.53. The van der Waals surface area contributed by atoms with Gasteiger partial charge in [-0.1, -0.05) is 80.1 Å². The Morgan fingerprint density at radius 2 is 1.53 bits per heavy atom. The maximum atomic E-state index is 15.0. The first-order valence-corrected chi connectivity index (χ1v) is 15.2. The predicted octanol–water partition coefficient (Wildman–Crippen LogP) is 6.79. The van der Waals surface area contributed by atoms with Gasteiger partial charge in [-0.3, -0.25) is 24.5 Å². The first kappa shape index (κ1) is 28.4. The van der Waals surface area contributed by atoms with Crippen molar-refractivity contribution in [2.45, 2.75) is 44.2 Å². The van der Waals surface area contributed by atoms with Gasteiger partial charge in [0.25, 0.3) is 5.69 Å². The first-order chi connectivity index (χ1) is 21.8. The van der Waals surface area contributed by atoms with Gasteiger partial charge in [-0.15, -0.1) is 0 Å². The van der Waals surface area contributed by atoms with Crippen LogP contribution in [0.5, 0.6) is 0 Å². The number of amides is 1. The average molecular weight is 598 g/mol. The number of carbonyl (C=O) groups is 3. The highest BCUT2D eigenvalue weighted by Crippen LogP contribution is 2.58. The summed E-state index contributed by atoms with van der Waals surface area (Å²) in [5.74, 6) is -2.13. The maximum absolute atomic E-state index is 15.0. The molecule has 4 aromatic rings. The SMILES string of the molecule is CCCc1ccc(C(=O)[C@@H]2[C@H](C(=O)c3ccc([N+](=O)[O-])cc3)N3c4ccccc4C(C)=C[C@H]3[C@]23C(=O)Nc2ccccc23)cc1. The summed E-state index contributed by atoms with van der Waals surface area (Å²) in [6.45, 7) is 4.08. The lowest BCUT2D eigenvalue weighted by atomic mass is 9.64. The van der Waals surface area contributed by atoms with Crippen LogP contribution in [-0.4, -0.2) is 34.5 Å². The Morgan fingerprint density at radius 3 is 2.24 bits per heavy atom. The van der Waals surface area contributed by atoms with Gasteiger partial charge in [-0.2, -0.15) is 0 Å². The molecule has 7 rings (SSSR count). The van der Waals surface area contributed by atoms with E-state index < -0.39 is 28.3 Å². The van der Waals surface area contributed by atoms with Crippen LogP contribution in [0.1, 0.15) is 57.7 Å². The van der Waals surface area contributed by atoms with E-state index in [9.17, 15) is 24.5 Å². The molecule has 8 nitrogen and oxygen atoms in total. The molecule has 3 aliphatic rings. The molecule has 45 heavy (non-hydrogen) atoms. The number of allylic oxidation sites excluding steroid dienone is 1. The molecule has 0 aliphatic carbocycles. The van der Waals surface area contributed by atoms with E-state index in [4.69, 9.17) is 0 Å². The van der Waals surface area contributed by atoms with E-state index >= 15 is 0 Å². The molecular formula is C37H31N3O5. The second-order valence-corrected chi connectivity index (χ2v) is 12.0. The Kier molecular flexibility index (Phi) is 6.73. The molecule has 4 aromatic carbocycles.